The van der Waals surface area contributed by atoms with Crippen molar-refractivity contribution in [2.75, 3.05) is 0 Å². The maximum absolute atomic E-state index is 12.9. The number of carbonyl (C=O) groups excluding carboxylic acids is 1. The highest BCUT2D eigenvalue weighted by molar-refractivity contribution is 6.30. The Kier molecular flexibility index (Phi) is 3.31. The molecular weight excluding hydrogens is 235 g/mol. The molecule has 0 N–H and O–H groups in total. The average molecular weight is 238 g/mol. The second kappa shape index (κ2) is 4.31. The van der Waals surface area contributed by atoms with Crippen LogP contribution in [0, 0.1) is 17.6 Å². The van der Waals surface area contributed by atoms with Gasteiger partial charge in [-0.15, -0.1) is 0 Å². The largest absolute Gasteiger partial charge is 0.401 e. The summed E-state index contributed by atoms with van der Waals surface area (Å²) in [6, 6.07) is 0. The van der Waals surface area contributed by atoms with Crippen molar-refractivity contribution in [2.45, 2.75) is 0 Å². The third kappa shape index (κ3) is 2.27. The molecule has 0 unspecified atom stereocenters. The first-order valence-electron chi connectivity index (χ1n) is 3.51. The molecule has 15 heavy (non-hydrogen) atoms. The quantitative estimate of drug-likeness (QED) is 0.450. The number of nitrogens with zero attached hydrogens (tertiary/aromatic N) is 1. The molecule has 3 nitrogen and oxygen atoms in total. The minimum absolute atomic E-state index is 0.686. The van der Waals surface area contributed by atoms with E-state index in [2.05, 4.69) is 16.3 Å². The van der Waals surface area contributed by atoms with E-state index in [1.54, 1.807) is 0 Å². The van der Waals surface area contributed by atoms with E-state index in [1.807, 2.05) is 0 Å². The zero-order valence-electron chi connectivity index (χ0n) is 7.06. The molecule has 0 fully saturated rings. The van der Waals surface area contributed by atoms with Gasteiger partial charge in [-0.05, 0) is 0 Å². The molecule has 0 atom stereocenters. The van der Waals surface area contributed by atoms with Gasteiger partial charge < -0.3 is 4.74 Å². The number of carbonyl (C=O) groups is 1. The molecule has 0 radical (unpaired) electrons. The lowest BCUT2D eigenvalue weighted by Crippen LogP contribution is -2.09. The van der Waals surface area contributed by atoms with Crippen LogP contribution in [-0.4, -0.2) is 11.0 Å². The predicted octanol–water partition coefficient (Wildman–Crippen LogP) is 2.24. The van der Waals surface area contributed by atoms with Gasteiger partial charge in [0, 0.05) is 6.08 Å². The first-order chi connectivity index (χ1) is 6.97. The monoisotopic (exact) mass is 237 g/mol. The standard InChI is InChI=1S/C8H3ClF3NO2/c1-2-3(14)15-8-6(11)5(10)4(9)7(12)13-8/h2H,1H2. The van der Waals surface area contributed by atoms with Crippen molar-refractivity contribution in [3.05, 3.63) is 35.3 Å². The maximum atomic E-state index is 12.9. The molecule has 0 aliphatic rings. The second-order valence-corrected chi connectivity index (χ2v) is 2.65. The lowest BCUT2D eigenvalue weighted by Gasteiger charge is -2.03. The summed E-state index contributed by atoms with van der Waals surface area (Å²) in [5.74, 6) is -7.00. The Balaban J connectivity index is 3.20. The molecule has 1 rings (SSSR count). The molecule has 0 aliphatic heterocycles. The molecule has 1 heterocycles. The molecule has 7 heteroatoms. The van der Waals surface area contributed by atoms with Crippen LogP contribution in [0.5, 0.6) is 5.88 Å². The van der Waals surface area contributed by atoms with Gasteiger partial charge in [0.15, 0.2) is 5.82 Å². The smallest absolute Gasteiger partial charge is 0.336 e. The summed E-state index contributed by atoms with van der Waals surface area (Å²) in [6.45, 7) is 3.01. The molecule has 0 aliphatic carbocycles. The zero-order chi connectivity index (χ0) is 11.6. The number of hydrogen-bond acceptors (Lipinski definition) is 3. The highest BCUT2D eigenvalue weighted by Crippen LogP contribution is 2.25. The third-order valence-corrected chi connectivity index (χ3v) is 1.64. The van der Waals surface area contributed by atoms with E-state index in [9.17, 15) is 18.0 Å². The van der Waals surface area contributed by atoms with Gasteiger partial charge in [0.25, 0.3) is 5.88 Å². The second-order valence-electron chi connectivity index (χ2n) is 2.27. The fraction of sp³-hybridized carbons (Fsp3) is 0. The van der Waals surface area contributed by atoms with Crippen LogP contribution in [0.2, 0.25) is 5.02 Å². The minimum Gasteiger partial charge on any atom is -0.401 e. The van der Waals surface area contributed by atoms with Crippen LogP contribution in [0.25, 0.3) is 0 Å². The van der Waals surface area contributed by atoms with Crippen LogP contribution in [0.1, 0.15) is 0 Å². The Labute approximate surface area is 87.1 Å². The van der Waals surface area contributed by atoms with E-state index in [0.29, 0.717) is 6.08 Å². The minimum atomic E-state index is -1.67. The highest BCUT2D eigenvalue weighted by atomic mass is 35.5. The van der Waals surface area contributed by atoms with Gasteiger partial charge in [0.2, 0.25) is 11.8 Å². The average Bonchev–Trinajstić information content (AvgIpc) is 2.22. The van der Waals surface area contributed by atoms with Gasteiger partial charge >= 0.3 is 5.97 Å². The molecule has 0 aromatic carbocycles. The number of esters is 1. The van der Waals surface area contributed by atoms with Gasteiger partial charge in [0.1, 0.15) is 5.02 Å². The van der Waals surface area contributed by atoms with Gasteiger partial charge in [-0.2, -0.15) is 13.8 Å². The molecule has 0 spiro atoms. The summed E-state index contributed by atoms with van der Waals surface area (Å²) in [6.07, 6.45) is 0.686. The number of ether oxygens (including phenoxy) is 1. The Morgan fingerprint density at radius 2 is 2.00 bits per heavy atom. The Bertz CT molecular complexity index is 436. The predicted molar refractivity (Wildman–Crippen MR) is 45.0 cm³/mol. The first kappa shape index (κ1) is 11.5. The van der Waals surface area contributed by atoms with Crippen molar-refractivity contribution < 1.29 is 22.7 Å². The number of pyridine rings is 1. The SMILES string of the molecule is C=CC(=O)Oc1nc(F)c(Cl)c(F)c1F. The summed E-state index contributed by atoms with van der Waals surface area (Å²) in [4.78, 5) is 13.4. The number of halogens is 4. The van der Waals surface area contributed by atoms with Crippen LogP contribution in [-0.2, 0) is 4.79 Å². The lowest BCUT2D eigenvalue weighted by atomic mass is 10.4. The molecule has 0 bridgehead atoms. The van der Waals surface area contributed by atoms with Crippen molar-refractivity contribution in [3.8, 4) is 5.88 Å². The van der Waals surface area contributed by atoms with E-state index >= 15 is 0 Å². The fourth-order valence-electron chi connectivity index (χ4n) is 0.673. The maximum Gasteiger partial charge on any atom is 0.336 e. The fourth-order valence-corrected chi connectivity index (χ4v) is 0.798. The van der Waals surface area contributed by atoms with Gasteiger partial charge in [-0.25, -0.2) is 9.18 Å². The Morgan fingerprint density at radius 1 is 1.40 bits per heavy atom. The normalized spacial score (nSPS) is 9.87. The zero-order valence-corrected chi connectivity index (χ0v) is 7.82. The molecule has 0 amide bonds. The third-order valence-electron chi connectivity index (χ3n) is 1.32. The van der Waals surface area contributed by atoms with Crippen molar-refractivity contribution in [3.63, 3.8) is 0 Å². The number of hydrogen-bond donors (Lipinski definition) is 0. The van der Waals surface area contributed by atoms with Crippen LogP contribution in [0.3, 0.4) is 0 Å². The highest BCUT2D eigenvalue weighted by Gasteiger charge is 2.21. The van der Waals surface area contributed by atoms with Gasteiger partial charge in [-0.3, -0.25) is 0 Å². The summed E-state index contributed by atoms with van der Waals surface area (Å²) in [5, 5.41) is -1.11. The molecule has 80 valence electrons. The van der Waals surface area contributed by atoms with Crippen LogP contribution >= 0.6 is 11.6 Å². The van der Waals surface area contributed by atoms with Crippen LogP contribution in [0.15, 0.2) is 12.7 Å². The molecule has 0 saturated heterocycles. The van der Waals surface area contributed by atoms with Crippen molar-refractivity contribution in [1.29, 1.82) is 0 Å². The van der Waals surface area contributed by atoms with Crippen LogP contribution in [0.4, 0.5) is 13.2 Å². The topological polar surface area (TPSA) is 39.2 Å². The van der Waals surface area contributed by atoms with Gasteiger partial charge in [0.05, 0.1) is 0 Å². The van der Waals surface area contributed by atoms with E-state index in [4.69, 9.17) is 11.6 Å². The van der Waals surface area contributed by atoms with E-state index in [0.717, 1.165) is 0 Å². The first-order valence-corrected chi connectivity index (χ1v) is 3.89. The molecule has 0 saturated carbocycles. The van der Waals surface area contributed by atoms with Crippen LogP contribution < -0.4 is 4.74 Å². The molecule has 1 aromatic heterocycles. The summed E-state index contributed by atoms with van der Waals surface area (Å²) in [7, 11) is 0. The molecule has 1 aromatic rings. The Morgan fingerprint density at radius 3 is 2.53 bits per heavy atom. The van der Waals surface area contributed by atoms with E-state index in [-0.39, 0.29) is 0 Å². The van der Waals surface area contributed by atoms with Crippen molar-refractivity contribution >= 4 is 17.6 Å². The van der Waals surface area contributed by atoms with Crippen molar-refractivity contribution in [1.82, 2.24) is 4.98 Å². The summed E-state index contributed by atoms with van der Waals surface area (Å²) < 4.78 is 42.6. The summed E-state index contributed by atoms with van der Waals surface area (Å²) >= 11 is 5.01. The van der Waals surface area contributed by atoms with E-state index in [1.165, 1.54) is 0 Å². The number of rotatable bonds is 2. The van der Waals surface area contributed by atoms with Gasteiger partial charge in [-0.1, -0.05) is 18.2 Å². The van der Waals surface area contributed by atoms with Crippen molar-refractivity contribution in [2.24, 2.45) is 0 Å². The number of aromatic nitrogens is 1. The lowest BCUT2D eigenvalue weighted by molar-refractivity contribution is -0.129. The summed E-state index contributed by atoms with van der Waals surface area (Å²) in [5.41, 5.74) is 0. The molecular formula is C8H3ClF3NO2. The van der Waals surface area contributed by atoms with E-state index < -0.39 is 34.5 Å². The Hall–Kier alpha value is -1.56.